The number of carbonyl (C=O) groups excluding carboxylic acids is 1. The molecule has 0 radical (unpaired) electrons. The molecule has 0 aromatic heterocycles. The van der Waals surface area contributed by atoms with E-state index < -0.39 is 32.2 Å². The van der Waals surface area contributed by atoms with Crippen LogP contribution < -0.4 is 5.32 Å². The molecular weight excluding hydrogens is 400 g/mol. The van der Waals surface area contributed by atoms with Crippen molar-refractivity contribution in [1.29, 1.82) is 0 Å². The molecule has 0 bridgehead atoms. The molecule has 2 aromatic carbocycles. The van der Waals surface area contributed by atoms with Crippen LogP contribution in [0, 0.1) is 0 Å². The largest absolute Gasteiger partial charge is 0.323 e. The molecule has 0 spiro atoms. The average Bonchev–Trinajstić information content (AvgIpc) is 2.99. The Labute approximate surface area is 165 Å². The Bertz CT molecular complexity index is 1180. The lowest BCUT2D eigenvalue weighted by Gasteiger charge is -2.27. The summed E-state index contributed by atoms with van der Waals surface area (Å²) in [6.07, 6.45) is 1.14. The Hall–Kier alpha value is -2.65. The highest BCUT2D eigenvalue weighted by Crippen LogP contribution is 2.31. The Balaban J connectivity index is 2.13. The first-order valence-electron chi connectivity index (χ1n) is 8.55. The van der Waals surface area contributed by atoms with E-state index in [0.717, 1.165) is 11.8 Å². The van der Waals surface area contributed by atoms with Crippen LogP contribution in [-0.2, 0) is 20.1 Å². The molecule has 2 aromatic rings. The number of nitrogens with zero attached hydrogens (tertiary/aromatic N) is 1. The lowest BCUT2D eigenvalue weighted by atomic mass is 9.98. The molecule has 0 aliphatic carbocycles. The third-order valence-corrected chi connectivity index (χ3v) is 6.32. The fraction of sp³-hybridized carbons (Fsp3) is 0.263. The van der Waals surface area contributed by atoms with Gasteiger partial charge in [-0.25, -0.2) is 13.2 Å². The average molecular weight is 421 g/mol. The van der Waals surface area contributed by atoms with Crippen LogP contribution in [0.1, 0.15) is 25.5 Å². The van der Waals surface area contributed by atoms with Gasteiger partial charge >= 0.3 is 6.03 Å². The number of amides is 2. The normalized spacial score (nSPS) is 17.1. The third-order valence-electron chi connectivity index (χ3n) is 4.52. The van der Waals surface area contributed by atoms with Gasteiger partial charge in [-0.15, -0.1) is 0 Å². The molecule has 1 atom stereocenters. The number of urea groups is 1. The second kappa shape index (κ2) is 7.40. The number of rotatable bonds is 4. The minimum atomic E-state index is -3.35. The van der Waals surface area contributed by atoms with Crippen molar-refractivity contribution in [2.75, 3.05) is 6.26 Å². The van der Waals surface area contributed by atoms with E-state index in [9.17, 15) is 21.6 Å². The minimum Gasteiger partial charge on any atom is -0.308 e. The van der Waals surface area contributed by atoms with Crippen molar-refractivity contribution in [3.8, 4) is 11.1 Å². The van der Waals surface area contributed by atoms with Gasteiger partial charge in [-0.05, 0) is 48.7 Å². The topological polar surface area (TPSA) is 101 Å². The Morgan fingerprint density at radius 3 is 2.21 bits per heavy atom. The maximum absolute atomic E-state index is 12.3. The Morgan fingerprint density at radius 2 is 1.64 bits per heavy atom. The molecule has 9 heteroatoms. The van der Waals surface area contributed by atoms with Gasteiger partial charge < -0.3 is 4.90 Å². The van der Waals surface area contributed by atoms with Gasteiger partial charge in [-0.2, -0.15) is 8.42 Å². The number of sulfone groups is 1. The number of hydrogen-bond donors (Lipinski definition) is 1. The summed E-state index contributed by atoms with van der Waals surface area (Å²) in [7, 11) is -5.94. The monoisotopic (exact) mass is 420 g/mol. The van der Waals surface area contributed by atoms with Crippen molar-refractivity contribution in [3.05, 3.63) is 54.1 Å². The second-order valence-electron chi connectivity index (χ2n) is 6.86. The van der Waals surface area contributed by atoms with Gasteiger partial charge in [-0.1, -0.05) is 30.3 Å². The van der Waals surface area contributed by atoms with Crippen LogP contribution in [0.25, 0.3) is 11.1 Å². The summed E-state index contributed by atoms with van der Waals surface area (Å²) in [5.41, 5.74) is 2.03. The lowest BCUT2D eigenvalue weighted by molar-refractivity contribution is 0.190. The summed E-state index contributed by atoms with van der Waals surface area (Å²) in [4.78, 5) is 13.9. The van der Waals surface area contributed by atoms with Crippen LogP contribution in [0.3, 0.4) is 0 Å². The second-order valence-corrected chi connectivity index (χ2v) is 9.78. The maximum Gasteiger partial charge on any atom is 0.323 e. The summed E-state index contributed by atoms with van der Waals surface area (Å²) in [5, 5.41) is 2.43. The fourth-order valence-corrected chi connectivity index (χ4v) is 4.52. The van der Waals surface area contributed by atoms with Crippen molar-refractivity contribution < 1.29 is 21.6 Å². The fourth-order valence-electron chi connectivity index (χ4n) is 3.25. The van der Waals surface area contributed by atoms with Gasteiger partial charge in [0.05, 0.1) is 4.90 Å². The van der Waals surface area contributed by atoms with Gasteiger partial charge in [0.2, 0.25) is 10.3 Å². The summed E-state index contributed by atoms with van der Waals surface area (Å²) >= 11 is 0. The van der Waals surface area contributed by atoms with E-state index in [0.29, 0.717) is 11.1 Å². The van der Waals surface area contributed by atoms with Gasteiger partial charge in [-0.3, -0.25) is 5.32 Å². The lowest BCUT2D eigenvalue weighted by Crippen LogP contribution is -2.35. The van der Waals surface area contributed by atoms with Gasteiger partial charge in [0, 0.05) is 12.3 Å². The van der Waals surface area contributed by atoms with Crippen molar-refractivity contribution in [3.63, 3.8) is 0 Å². The smallest absolute Gasteiger partial charge is 0.308 e. The van der Waals surface area contributed by atoms with Crippen LogP contribution in [0.4, 0.5) is 4.79 Å². The number of benzene rings is 2. The van der Waals surface area contributed by atoms with E-state index in [4.69, 9.17) is 0 Å². The summed E-state index contributed by atoms with van der Waals surface area (Å²) in [6, 6.07) is 12.2. The zero-order valence-electron chi connectivity index (χ0n) is 15.6. The highest BCUT2D eigenvalue weighted by atomic mass is 32.2. The maximum atomic E-state index is 12.3. The van der Waals surface area contributed by atoms with E-state index >= 15 is 0 Å². The van der Waals surface area contributed by atoms with E-state index in [1.165, 1.54) is 11.0 Å². The minimum absolute atomic E-state index is 0.0965. The molecule has 1 N–H and O–H groups in total. The highest BCUT2D eigenvalue weighted by molar-refractivity contribution is 7.90. The molecule has 7 nitrogen and oxygen atoms in total. The van der Waals surface area contributed by atoms with Gasteiger partial charge in [0.15, 0.2) is 14.8 Å². The Morgan fingerprint density at radius 1 is 1.04 bits per heavy atom. The molecule has 2 amide bonds. The number of carbonyl (C=O) groups is 1. The van der Waals surface area contributed by atoms with E-state index in [-0.39, 0.29) is 15.9 Å². The Kier molecular flexibility index (Phi) is 5.31. The van der Waals surface area contributed by atoms with Crippen LogP contribution >= 0.6 is 0 Å². The quantitative estimate of drug-likeness (QED) is 0.765. The molecule has 1 fully saturated rings. The van der Waals surface area contributed by atoms with Crippen LogP contribution in [0.15, 0.2) is 53.4 Å². The third kappa shape index (κ3) is 3.81. The predicted molar refractivity (Wildman–Crippen MR) is 107 cm³/mol. The molecular formula is C19H20N2O5S2. The van der Waals surface area contributed by atoms with Crippen molar-refractivity contribution in [1.82, 2.24) is 10.2 Å². The van der Waals surface area contributed by atoms with Crippen molar-refractivity contribution >= 4 is 31.2 Å². The SMILES string of the molecule is CC(C)N1C(=O)NC(=S(=O)=O)C1c1cccc(-c2cccc(S(C)(=O)=O)c2)c1. The summed E-state index contributed by atoms with van der Waals surface area (Å²) in [6.45, 7) is 3.62. The first-order chi connectivity index (χ1) is 13.1. The van der Waals surface area contributed by atoms with E-state index in [2.05, 4.69) is 5.32 Å². The standard InChI is InChI=1S/C19H20N2O5S2/c1-12(2)21-17(18(27(23)24)20-19(21)22)15-8-4-6-13(10-15)14-7-5-9-16(11-14)28(3,25)26/h4-12,17H,1-3H3,(H,20,22). The molecule has 3 rings (SSSR count). The van der Waals surface area contributed by atoms with Crippen molar-refractivity contribution in [2.24, 2.45) is 0 Å². The molecule has 1 aliphatic heterocycles. The van der Waals surface area contributed by atoms with Gasteiger partial charge in [0.25, 0.3) is 0 Å². The predicted octanol–water partition coefficient (Wildman–Crippen LogP) is 2.24. The molecule has 1 aliphatic rings. The zero-order chi connectivity index (χ0) is 20.6. The molecule has 148 valence electrons. The number of hydrogen-bond acceptors (Lipinski definition) is 5. The molecule has 1 unspecified atom stereocenters. The molecule has 1 saturated heterocycles. The first-order valence-corrected chi connectivity index (χ1v) is 11.5. The van der Waals surface area contributed by atoms with Crippen LogP contribution in [0.2, 0.25) is 0 Å². The van der Waals surface area contributed by atoms with Gasteiger partial charge in [0.1, 0.15) is 6.04 Å². The summed E-state index contributed by atoms with van der Waals surface area (Å²) in [5.74, 6) is 0. The van der Waals surface area contributed by atoms with Crippen LogP contribution in [-0.4, -0.2) is 45.1 Å². The molecule has 28 heavy (non-hydrogen) atoms. The molecule has 1 heterocycles. The van der Waals surface area contributed by atoms with Crippen molar-refractivity contribution in [2.45, 2.75) is 30.8 Å². The molecule has 0 saturated carbocycles. The first kappa shape index (κ1) is 20.1. The van der Waals surface area contributed by atoms with E-state index in [1.807, 2.05) is 19.9 Å². The highest BCUT2D eigenvalue weighted by Gasteiger charge is 2.40. The number of nitrogens with one attached hydrogen (secondary N) is 1. The summed E-state index contributed by atoms with van der Waals surface area (Å²) < 4.78 is 47.0. The zero-order valence-corrected chi connectivity index (χ0v) is 17.2. The van der Waals surface area contributed by atoms with E-state index in [1.54, 1.807) is 36.4 Å². The van der Waals surface area contributed by atoms with Crippen LogP contribution in [0.5, 0.6) is 0 Å².